The average molecular weight is 364 g/mol. The lowest BCUT2D eigenvalue weighted by atomic mass is 9.69. The standard InChI is InChI=1S/C21H32O5/c1-2-20(23)25-13-3-4-14-26-21(24)19-11-9-18(10-12-19)17-7-5-16(15-22)6-8-17/h2,15-19H,1,3-14H2. The molecule has 0 spiro atoms. The fourth-order valence-corrected chi connectivity index (χ4v) is 4.31. The van der Waals surface area contributed by atoms with E-state index in [0.29, 0.717) is 32.0 Å². The monoisotopic (exact) mass is 364 g/mol. The maximum atomic E-state index is 12.2. The Hall–Kier alpha value is -1.65. The summed E-state index contributed by atoms with van der Waals surface area (Å²) in [5.41, 5.74) is 0. The zero-order valence-corrected chi connectivity index (χ0v) is 15.7. The third-order valence-corrected chi connectivity index (χ3v) is 5.97. The molecule has 2 rings (SSSR count). The molecule has 0 bridgehead atoms. The highest BCUT2D eigenvalue weighted by Crippen LogP contribution is 2.41. The smallest absolute Gasteiger partial charge is 0.330 e. The van der Waals surface area contributed by atoms with E-state index in [1.165, 1.54) is 12.8 Å². The molecule has 0 heterocycles. The molecule has 5 heteroatoms. The van der Waals surface area contributed by atoms with Crippen molar-refractivity contribution in [1.82, 2.24) is 0 Å². The highest BCUT2D eigenvalue weighted by Gasteiger charge is 2.33. The third kappa shape index (κ3) is 6.58. The first kappa shape index (κ1) is 20.7. The van der Waals surface area contributed by atoms with Crippen molar-refractivity contribution < 1.29 is 23.9 Å². The van der Waals surface area contributed by atoms with E-state index >= 15 is 0 Å². The van der Waals surface area contributed by atoms with E-state index in [1.54, 1.807) is 0 Å². The van der Waals surface area contributed by atoms with Gasteiger partial charge in [-0.15, -0.1) is 0 Å². The molecule has 0 atom stereocenters. The Balaban J connectivity index is 1.56. The Morgan fingerprint density at radius 2 is 1.38 bits per heavy atom. The molecule has 0 radical (unpaired) electrons. The second-order valence-electron chi connectivity index (χ2n) is 7.67. The van der Waals surface area contributed by atoms with Gasteiger partial charge in [0.15, 0.2) is 0 Å². The van der Waals surface area contributed by atoms with Crippen LogP contribution in [0.25, 0.3) is 0 Å². The van der Waals surface area contributed by atoms with Gasteiger partial charge < -0.3 is 14.3 Å². The molecule has 0 aromatic heterocycles. The topological polar surface area (TPSA) is 69.7 Å². The SMILES string of the molecule is C=CC(=O)OCCCCOC(=O)C1CCC(C2CCC(C=O)CC2)CC1. The number of esters is 2. The van der Waals surface area contributed by atoms with Crippen molar-refractivity contribution in [3.05, 3.63) is 12.7 Å². The van der Waals surface area contributed by atoms with Crippen LogP contribution in [0.3, 0.4) is 0 Å². The van der Waals surface area contributed by atoms with Crippen molar-refractivity contribution in [2.75, 3.05) is 13.2 Å². The van der Waals surface area contributed by atoms with Gasteiger partial charge in [0.25, 0.3) is 0 Å². The number of carbonyl (C=O) groups excluding carboxylic acids is 3. The van der Waals surface area contributed by atoms with Gasteiger partial charge in [-0.25, -0.2) is 4.79 Å². The molecule has 2 fully saturated rings. The van der Waals surface area contributed by atoms with E-state index < -0.39 is 5.97 Å². The number of hydrogen-bond acceptors (Lipinski definition) is 5. The number of ether oxygens (including phenoxy) is 2. The van der Waals surface area contributed by atoms with Crippen LogP contribution in [0.1, 0.15) is 64.2 Å². The van der Waals surface area contributed by atoms with Crippen LogP contribution in [0.15, 0.2) is 12.7 Å². The Labute approximate surface area is 156 Å². The molecule has 0 aromatic rings. The van der Waals surface area contributed by atoms with Gasteiger partial charge in [0.05, 0.1) is 19.1 Å². The third-order valence-electron chi connectivity index (χ3n) is 5.97. The summed E-state index contributed by atoms with van der Waals surface area (Å²) in [6.45, 7) is 4.06. The largest absolute Gasteiger partial charge is 0.465 e. The van der Waals surface area contributed by atoms with Crippen LogP contribution < -0.4 is 0 Å². The van der Waals surface area contributed by atoms with Gasteiger partial charge in [-0.2, -0.15) is 0 Å². The van der Waals surface area contributed by atoms with Crippen LogP contribution in [0.4, 0.5) is 0 Å². The van der Waals surface area contributed by atoms with Gasteiger partial charge in [0.2, 0.25) is 0 Å². The first-order chi connectivity index (χ1) is 12.6. The van der Waals surface area contributed by atoms with E-state index in [4.69, 9.17) is 9.47 Å². The summed E-state index contributed by atoms with van der Waals surface area (Å²) in [7, 11) is 0. The molecule has 5 nitrogen and oxygen atoms in total. The summed E-state index contributed by atoms with van der Waals surface area (Å²) in [5, 5.41) is 0. The lowest BCUT2D eigenvalue weighted by molar-refractivity contribution is -0.150. The summed E-state index contributed by atoms with van der Waals surface area (Å²) < 4.78 is 10.3. The van der Waals surface area contributed by atoms with Gasteiger partial charge in [-0.3, -0.25) is 4.79 Å². The summed E-state index contributed by atoms with van der Waals surface area (Å²) in [5.74, 6) is 1.27. The van der Waals surface area contributed by atoms with Crippen LogP contribution in [-0.2, 0) is 23.9 Å². The van der Waals surface area contributed by atoms with E-state index in [-0.39, 0.29) is 17.8 Å². The molecule has 2 saturated carbocycles. The molecule has 0 amide bonds. The fraction of sp³-hybridized carbons (Fsp3) is 0.762. The van der Waals surface area contributed by atoms with Gasteiger partial charge in [-0.1, -0.05) is 6.58 Å². The Bertz CT molecular complexity index is 471. The van der Waals surface area contributed by atoms with Crippen molar-refractivity contribution >= 4 is 18.2 Å². The highest BCUT2D eigenvalue weighted by molar-refractivity contribution is 5.81. The second-order valence-corrected chi connectivity index (χ2v) is 7.67. The first-order valence-electron chi connectivity index (χ1n) is 10.0. The fourth-order valence-electron chi connectivity index (χ4n) is 4.31. The number of carbonyl (C=O) groups is 3. The summed E-state index contributed by atoms with van der Waals surface area (Å²) in [6.07, 6.45) is 12.1. The van der Waals surface area contributed by atoms with Gasteiger partial charge in [0, 0.05) is 12.0 Å². The number of hydrogen-bond donors (Lipinski definition) is 0. The van der Waals surface area contributed by atoms with Crippen LogP contribution in [-0.4, -0.2) is 31.4 Å². The predicted octanol–water partition coefficient (Wildman–Crippen LogP) is 3.85. The molecule has 0 aliphatic heterocycles. The maximum Gasteiger partial charge on any atom is 0.330 e. The minimum atomic E-state index is -0.418. The molecule has 2 aliphatic carbocycles. The summed E-state index contributed by atoms with van der Waals surface area (Å²) >= 11 is 0. The summed E-state index contributed by atoms with van der Waals surface area (Å²) in [4.78, 5) is 34.0. The predicted molar refractivity (Wildman–Crippen MR) is 98.3 cm³/mol. The van der Waals surface area contributed by atoms with Crippen molar-refractivity contribution in [2.45, 2.75) is 64.2 Å². The lowest BCUT2D eigenvalue weighted by Crippen LogP contribution is -2.29. The molecule has 2 aliphatic rings. The van der Waals surface area contributed by atoms with Crippen molar-refractivity contribution in [1.29, 1.82) is 0 Å². The van der Waals surface area contributed by atoms with Gasteiger partial charge >= 0.3 is 11.9 Å². The quantitative estimate of drug-likeness (QED) is 0.269. The average Bonchev–Trinajstić information content (AvgIpc) is 2.70. The van der Waals surface area contributed by atoms with Gasteiger partial charge in [-0.05, 0) is 76.0 Å². The van der Waals surface area contributed by atoms with Gasteiger partial charge in [0.1, 0.15) is 6.29 Å². The van der Waals surface area contributed by atoms with Crippen LogP contribution in [0.2, 0.25) is 0 Å². The molecular formula is C21H32O5. The normalized spacial score (nSPS) is 28.8. The van der Waals surface area contributed by atoms with Crippen molar-refractivity contribution in [3.8, 4) is 0 Å². The minimum absolute atomic E-state index is 0.0381. The molecule has 0 N–H and O–H groups in total. The van der Waals surface area contributed by atoms with Crippen molar-refractivity contribution in [3.63, 3.8) is 0 Å². The van der Waals surface area contributed by atoms with E-state index in [2.05, 4.69) is 6.58 Å². The molecule has 0 aromatic carbocycles. The van der Waals surface area contributed by atoms with Crippen LogP contribution in [0, 0.1) is 23.7 Å². The number of unbranched alkanes of at least 4 members (excludes halogenated alkanes) is 1. The molecular weight excluding hydrogens is 332 g/mol. The van der Waals surface area contributed by atoms with Crippen LogP contribution >= 0.6 is 0 Å². The van der Waals surface area contributed by atoms with Crippen molar-refractivity contribution in [2.24, 2.45) is 23.7 Å². The maximum absolute atomic E-state index is 12.2. The number of aldehydes is 1. The molecule has 26 heavy (non-hydrogen) atoms. The van der Waals surface area contributed by atoms with E-state index in [0.717, 1.165) is 56.8 Å². The lowest BCUT2D eigenvalue weighted by Gasteiger charge is -2.36. The molecule has 0 saturated heterocycles. The molecule has 0 unspecified atom stereocenters. The first-order valence-corrected chi connectivity index (χ1v) is 10.0. The highest BCUT2D eigenvalue weighted by atomic mass is 16.5. The second kappa shape index (κ2) is 11.1. The Kier molecular flexibility index (Phi) is 8.86. The van der Waals surface area contributed by atoms with E-state index in [9.17, 15) is 14.4 Å². The van der Waals surface area contributed by atoms with E-state index in [1.807, 2.05) is 0 Å². The minimum Gasteiger partial charge on any atom is -0.465 e. The summed E-state index contributed by atoms with van der Waals surface area (Å²) in [6, 6.07) is 0. The Morgan fingerprint density at radius 1 is 0.846 bits per heavy atom. The zero-order valence-electron chi connectivity index (χ0n) is 15.7. The van der Waals surface area contributed by atoms with Crippen LogP contribution in [0.5, 0.6) is 0 Å². The number of rotatable bonds is 9. The zero-order chi connectivity index (χ0) is 18.8. The molecule has 146 valence electrons. The Morgan fingerprint density at radius 3 is 1.92 bits per heavy atom.